The molecule has 0 aliphatic rings. The molecule has 0 bridgehead atoms. The van der Waals surface area contributed by atoms with Crippen molar-refractivity contribution in [3.05, 3.63) is 78.4 Å². The highest BCUT2D eigenvalue weighted by atomic mass is 31.2. The van der Waals surface area contributed by atoms with Gasteiger partial charge in [0.05, 0.1) is 6.16 Å². The van der Waals surface area contributed by atoms with Crippen LogP contribution in [0.2, 0.25) is 0 Å². The number of esters is 1. The topological polar surface area (TPSA) is 63.6 Å². The van der Waals surface area contributed by atoms with Crippen molar-refractivity contribution in [2.75, 3.05) is 6.16 Å². The number of hydrogen-bond acceptors (Lipinski definition) is 3. The lowest BCUT2D eigenvalue weighted by atomic mass is 10.1. The SMILES string of the molecule is C=C(C)C(=O)OC(CP(=O)(O)c1ccccc1)c1ccccc1. The average molecular weight is 330 g/mol. The minimum Gasteiger partial charge on any atom is -0.454 e. The van der Waals surface area contributed by atoms with Crippen LogP contribution in [0.25, 0.3) is 0 Å². The molecule has 0 heterocycles. The maximum atomic E-state index is 12.7. The van der Waals surface area contributed by atoms with Crippen LogP contribution in [0.1, 0.15) is 18.6 Å². The minimum absolute atomic E-state index is 0.181. The Bertz CT molecular complexity index is 725. The summed E-state index contributed by atoms with van der Waals surface area (Å²) >= 11 is 0. The van der Waals surface area contributed by atoms with Crippen LogP contribution in [-0.4, -0.2) is 17.0 Å². The van der Waals surface area contributed by atoms with Gasteiger partial charge in [-0.15, -0.1) is 0 Å². The fraction of sp³-hybridized carbons (Fsp3) is 0.167. The van der Waals surface area contributed by atoms with E-state index in [0.717, 1.165) is 0 Å². The van der Waals surface area contributed by atoms with Gasteiger partial charge in [-0.1, -0.05) is 55.1 Å². The number of rotatable bonds is 6. The number of carbonyl (C=O) groups excluding carboxylic acids is 1. The maximum Gasteiger partial charge on any atom is 0.333 e. The Morgan fingerprint density at radius 2 is 1.65 bits per heavy atom. The van der Waals surface area contributed by atoms with Crippen molar-refractivity contribution in [1.29, 1.82) is 0 Å². The van der Waals surface area contributed by atoms with Gasteiger partial charge >= 0.3 is 5.97 Å². The molecule has 0 amide bonds. The van der Waals surface area contributed by atoms with Gasteiger partial charge in [0, 0.05) is 10.9 Å². The average Bonchev–Trinajstić information content (AvgIpc) is 2.55. The van der Waals surface area contributed by atoms with Gasteiger partial charge < -0.3 is 9.63 Å². The van der Waals surface area contributed by atoms with Crippen molar-refractivity contribution in [2.45, 2.75) is 13.0 Å². The normalized spacial score (nSPS) is 14.5. The van der Waals surface area contributed by atoms with E-state index in [-0.39, 0.29) is 11.7 Å². The third-order valence-electron chi connectivity index (χ3n) is 3.34. The molecular weight excluding hydrogens is 311 g/mol. The summed E-state index contributed by atoms with van der Waals surface area (Å²) in [7, 11) is -3.66. The van der Waals surface area contributed by atoms with E-state index < -0.39 is 19.4 Å². The largest absolute Gasteiger partial charge is 0.454 e. The highest BCUT2D eigenvalue weighted by Gasteiger charge is 2.29. The maximum absolute atomic E-state index is 12.7. The van der Waals surface area contributed by atoms with Gasteiger partial charge in [0.1, 0.15) is 6.10 Å². The Balaban J connectivity index is 2.29. The molecule has 23 heavy (non-hydrogen) atoms. The number of carbonyl (C=O) groups is 1. The Morgan fingerprint density at radius 3 is 2.17 bits per heavy atom. The molecule has 0 aliphatic heterocycles. The van der Waals surface area contributed by atoms with Crippen molar-refractivity contribution < 1.29 is 19.0 Å². The van der Waals surface area contributed by atoms with Gasteiger partial charge in [-0.05, 0) is 24.6 Å². The Hall–Kier alpha value is -2.16. The molecule has 2 aromatic carbocycles. The zero-order chi connectivity index (χ0) is 16.9. The first-order chi connectivity index (χ1) is 10.9. The lowest BCUT2D eigenvalue weighted by Crippen LogP contribution is -2.18. The second-order valence-electron chi connectivity index (χ2n) is 5.30. The van der Waals surface area contributed by atoms with Crippen molar-refractivity contribution in [1.82, 2.24) is 0 Å². The summed E-state index contributed by atoms with van der Waals surface area (Å²) in [6, 6.07) is 17.3. The van der Waals surface area contributed by atoms with Gasteiger partial charge in [0.2, 0.25) is 7.37 Å². The molecule has 2 rings (SSSR count). The summed E-state index contributed by atoms with van der Waals surface area (Å²) in [6.07, 6.45) is -0.989. The highest BCUT2D eigenvalue weighted by molar-refractivity contribution is 7.66. The first kappa shape index (κ1) is 17.2. The number of hydrogen-bond donors (Lipinski definition) is 1. The second kappa shape index (κ2) is 7.40. The van der Waals surface area contributed by atoms with Gasteiger partial charge in [-0.2, -0.15) is 0 Å². The predicted octanol–water partition coefficient (Wildman–Crippen LogP) is 3.44. The Labute approximate surface area is 135 Å². The molecule has 2 aromatic rings. The van der Waals surface area contributed by atoms with Crippen LogP contribution < -0.4 is 5.30 Å². The Morgan fingerprint density at radius 1 is 1.13 bits per heavy atom. The molecule has 0 spiro atoms. The molecule has 1 N–H and O–H groups in total. The molecule has 120 valence electrons. The van der Waals surface area contributed by atoms with E-state index in [0.29, 0.717) is 10.9 Å². The molecule has 5 heteroatoms. The molecule has 2 unspecified atom stereocenters. The molecule has 0 radical (unpaired) electrons. The van der Waals surface area contributed by atoms with Crippen molar-refractivity contribution in [2.24, 2.45) is 0 Å². The van der Waals surface area contributed by atoms with Crippen molar-refractivity contribution in [3.8, 4) is 0 Å². The first-order valence-electron chi connectivity index (χ1n) is 7.19. The van der Waals surface area contributed by atoms with Crippen LogP contribution in [0.5, 0.6) is 0 Å². The zero-order valence-electron chi connectivity index (χ0n) is 12.9. The minimum atomic E-state index is -3.66. The van der Waals surface area contributed by atoms with E-state index in [1.165, 1.54) is 0 Å². The van der Waals surface area contributed by atoms with E-state index in [2.05, 4.69) is 6.58 Å². The molecule has 2 atom stereocenters. The van der Waals surface area contributed by atoms with Crippen LogP contribution in [0, 0.1) is 0 Å². The summed E-state index contributed by atoms with van der Waals surface area (Å²) in [5.41, 5.74) is 0.922. The fourth-order valence-electron chi connectivity index (χ4n) is 2.10. The van der Waals surface area contributed by atoms with Crippen molar-refractivity contribution >= 4 is 18.6 Å². The quantitative estimate of drug-likeness (QED) is 0.501. The summed E-state index contributed by atoms with van der Waals surface area (Å²) in [5.74, 6) is -0.577. The smallest absolute Gasteiger partial charge is 0.333 e. The number of ether oxygens (including phenoxy) is 1. The van der Waals surface area contributed by atoms with Crippen LogP contribution in [0.15, 0.2) is 72.8 Å². The summed E-state index contributed by atoms with van der Waals surface area (Å²) < 4.78 is 18.1. The third-order valence-corrected chi connectivity index (χ3v) is 5.27. The molecule has 0 saturated carbocycles. The second-order valence-corrected chi connectivity index (χ2v) is 7.59. The Kier molecular flexibility index (Phi) is 5.54. The van der Waals surface area contributed by atoms with Gasteiger partial charge in [0.15, 0.2) is 0 Å². The number of benzene rings is 2. The van der Waals surface area contributed by atoms with Crippen LogP contribution in [-0.2, 0) is 14.1 Å². The lowest BCUT2D eigenvalue weighted by molar-refractivity contribution is -0.143. The zero-order valence-corrected chi connectivity index (χ0v) is 13.8. The first-order valence-corrected chi connectivity index (χ1v) is 9.03. The monoisotopic (exact) mass is 330 g/mol. The third kappa shape index (κ3) is 4.65. The van der Waals surface area contributed by atoms with Crippen LogP contribution in [0.3, 0.4) is 0 Å². The lowest BCUT2D eigenvalue weighted by Gasteiger charge is -2.21. The van der Waals surface area contributed by atoms with Crippen LogP contribution in [0.4, 0.5) is 0 Å². The summed E-state index contributed by atoms with van der Waals surface area (Å²) in [6.45, 7) is 5.09. The molecule has 0 aliphatic carbocycles. The summed E-state index contributed by atoms with van der Waals surface area (Å²) in [4.78, 5) is 22.3. The molecule has 0 aromatic heterocycles. The molecule has 0 fully saturated rings. The van der Waals surface area contributed by atoms with Gasteiger partial charge in [-0.3, -0.25) is 4.57 Å². The highest BCUT2D eigenvalue weighted by Crippen LogP contribution is 2.44. The predicted molar refractivity (Wildman–Crippen MR) is 90.9 cm³/mol. The van der Waals surface area contributed by atoms with E-state index in [9.17, 15) is 14.3 Å². The van der Waals surface area contributed by atoms with Gasteiger partial charge in [-0.25, -0.2) is 4.79 Å². The molecule has 4 nitrogen and oxygen atoms in total. The fourth-order valence-corrected chi connectivity index (χ4v) is 3.68. The molecule has 0 saturated heterocycles. The molecular formula is C18H19O4P. The van der Waals surface area contributed by atoms with E-state index in [1.807, 2.05) is 6.07 Å². The van der Waals surface area contributed by atoms with Gasteiger partial charge in [0.25, 0.3) is 0 Å². The van der Waals surface area contributed by atoms with Crippen LogP contribution >= 0.6 is 7.37 Å². The van der Waals surface area contributed by atoms with E-state index in [1.54, 1.807) is 61.5 Å². The van der Waals surface area contributed by atoms with E-state index in [4.69, 9.17) is 4.74 Å². The summed E-state index contributed by atoms with van der Waals surface area (Å²) in [5, 5.41) is 0.340. The van der Waals surface area contributed by atoms with Crippen molar-refractivity contribution in [3.63, 3.8) is 0 Å². The van der Waals surface area contributed by atoms with E-state index >= 15 is 0 Å². The standard InChI is InChI=1S/C18H19O4P/c1-14(2)18(19)22-17(15-9-5-3-6-10-15)13-23(20,21)16-11-7-4-8-12-16/h3-12,17H,1,13H2,2H3,(H,20,21).